The number of amides is 4. The molecule has 2 aromatic heterocycles. The number of carbonyl (C=O) groups excluding carboxylic acids is 4. The van der Waals surface area contributed by atoms with Gasteiger partial charge in [-0.3, -0.25) is 23.9 Å². The average Bonchev–Trinajstić information content (AvgIpc) is 3.56. The number of ether oxygens (including phenoxy) is 1. The Morgan fingerprint density at radius 2 is 1.59 bits per heavy atom. The third-order valence-electron chi connectivity index (χ3n) is 7.78. The number of benzene rings is 2. The van der Waals surface area contributed by atoms with Gasteiger partial charge in [-0.25, -0.2) is 4.98 Å². The Morgan fingerprint density at radius 1 is 0.878 bits per heavy atom. The van der Waals surface area contributed by atoms with E-state index >= 15 is 0 Å². The Hall–Kier alpha value is -5.83. The fourth-order valence-corrected chi connectivity index (χ4v) is 5.20. The van der Waals surface area contributed by atoms with Crippen molar-refractivity contribution in [2.75, 3.05) is 6.61 Å². The summed E-state index contributed by atoms with van der Waals surface area (Å²) in [4.78, 5) is 58.7. The Morgan fingerprint density at radius 3 is 2.33 bits per heavy atom. The molecule has 4 atom stereocenters. The SMILES string of the molecule is C[C@@H](O)[C@@H]1NC(=O)[C@@H](Cc2ccc(O)cc2)NC(=O)c2ncccc2OCCCn2cc(nn2)CNC(=O)[C@@H](Cc2ccccc2)NC1=O. The number of hydrogen-bond donors (Lipinski definition) is 6. The van der Waals surface area contributed by atoms with Gasteiger partial charge in [0.2, 0.25) is 17.7 Å². The van der Waals surface area contributed by atoms with Gasteiger partial charge in [0.15, 0.2) is 11.4 Å². The average molecular weight is 671 g/mol. The molecule has 0 saturated heterocycles. The molecule has 0 spiro atoms. The van der Waals surface area contributed by atoms with E-state index in [-0.39, 0.29) is 43.2 Å². The van der Waals surface area contributed by atoms with E-state index in [1.165, 1.54) is 25.3 Å². The lowest BCUT2D eigenvalue weighted by Gasteiger charge is -2.27. The Balaban J connectivity index is 1.45. The Labute approximate surface area is 282 Å². The summed E-state index contributed by atoms with van der Waals surface area (Å²) in [5.41, 5.74) is 1.79. The van der Waals surface area contributed by atoms with Crippen molar-refractivity contribution in [3.8, 4) is 11.5 Å². The lowest BCUT2D eigenvalue weighted by Crippen LogP contribution is -2.60. The minimum absolute atomic E-state index is 0.0172. The highest BCUT2D eigenvalue weighted by molar-refractivity contribution is 5.99. The molecule has 1 aliphatic heterocycles. The quantitative estimate of drug-likeness (QED) is 0.172. The minimum Gasteiger partial charge on any atom is -0.508 e. The van der Waals surface area contributed by atoms with Gasteiger partial charge in [0.05, 0.1) is 25.5 Å². The van der Waals surface area contributed by atoms with E-state index in [0.29, 0.717) is 24.2 Å². The van der Waals surface area contributed by atoms with Crippen LogP contribution in [0.15, 0.2) is 79.1 Å². The number of hydrogen-bond acceptors (Lipinski definition) is 10. The molecule has 4 aromatic rings. The monoisotopic (exact) mass is 670 g/mol. The van der Waals surface area contributed by atoms with Crippen molar-refractivity contribution >= 4 is 23.6 Å². The van der Waals surface area contributed by atoms with Crippen LogP contribution in [-0.2, 0) is 40.3 Å². The summed E-state index contributed by atoms with van der Waals surface area (Å²) >= 11 is 0. The number of fused-ring (bicyclic) bond motifs is 3. The van der Waals surface area contributed by atoms with E-state index in [1.807, 2.05) is 30.3 Å². The number of aliphatic hydroxyl groups excluding tert-OH is 1. The fourth-order valence-electron chi connectivity index (χ4n) is 5.20. The highest BCUT2D eigenvalue weighted by atomic mass is 16.5. The predicted octanol–water partition coefficient (Wildman–Crippen LogP) is 0.412. The molecule has 0 radical (unpaired) electrons. The van der Waals surface area contributed by atoms with Crippen LogP contribution in [0.25, 0.3) is 0 Å². The molecule has 0 saturated carbocycles. The molecule has 5 rings (SSSR count). The molecule has 0 aliphatic carbocycles. The molecule has 0 fully saturated rings. The van der Waals surface area contributed by atoms with Gasteiger partial charge in [-0.05, 0) is 42.3 Å². The number of aromatic hydroxyl groups is 1. The van der Waals surface area contributed by atoms with E-state index < -0.39 is 47.9 Å². The highest BCUT2D eigenvalue weighted by Crippen LogP contribution is 2.17. The minimum atomic E-state index is -1.50. The second-order valence-electron chi connectivity index (χ2n) is 11.6. The Bertz CT molecular complexity index is 1750. The first-order valence-corrected chi connectivity index (χ1v) is 15.8. The number of aromatic nitrogens is 4. The lowest BCUT2D eigenvalue weighted by atomic mass is 10.0. The van der Waals surface area contributed by atoms with Gasteiger partial charge in [0, 0.05) is 32.0 Å². The number of carbonyl (C=O) groups is 4. The number of nitrogens with zero attached hydrogens (tertiary/aromatic N) is 4. The fraction of sp³-hybridized carbons (Fsp3) is 0.324. The lowest BCUT2D eigenvalue weighted by molar-refractivity contribution is -0.134. The maximum absolute atomic E-state index is 13.8. The van der Waals surface area contributed by atoms with Crippen molar-refractivity contribution in [2.45, 2.75) is 63.5 Å². The maximum atomic E-state index is 13.8. The molecule has 2 aromatic carbocycles. The molecule has 15 nitrogen and oxygen atoms in total. The van der Waals surface area contributed by atoms with Crippen LogP contribution in [0.5, 0.6) is 11.5 Å². The molecule has 2 bridgehead atoms. The second kappa shape index (κ2) is 16.3. The van der Waals surface area contributed by atoms with Crippen LogP contribution in [0.1, 0.15) is 40.7 Å². The first-order chi connectivity index (χ1) is 23.7. The van der Waals surface area contributed by atoms with Crippen LogP contribution in [0.3, 0.4) is 0 Å². The summed E-state index contributed by atoms with van der Waals surface area (Å²) in [6, 6.07) is 14.5. The van der Waals surface area contributed by atoms with Crippen molar-refractivity contribution in [3.63, 3.8) is 0 Å². The normalized spacial score (nSPS) is 20.2. The van der Waals surface area contributed by atoms with Crippen LogP contribution in [0.4, 0.5) is 0 Å². The Kier molecular flexibility index (Phi) is 11.5. The highest BCUT2D eigenvalue weighted by Gasteiger charge is 2.33. The molecular weight excluding hydrogens is 632 g/mol. The third kappa shape index (κ3) is 9.60. The zero-order valence-electron chi connectivity index (χ0n) is 26.8. The van der Waals surface area contributed by atoms with Gasteiger partial charge < -0.3 is 36.2 Å². The van der Waals surface area contributed by atoms with Gasteiger partial charge in [-0.2, -0.15) is 0 Å². The summed E-state index contributed by atoms with van der Waals surface area (Å²) in [6.45, 7) is 2.01. The number of pyridine rings is 1. The topological polar surface area (TPSA) is 210 Å². The van der Waals surface area contributed by atoms with Crippen molar-refractivity contribution in [3.05, 3.63) is 102 Å². The molecule has 49 heavy (non-hydrogen) atoms. The largest absolute Gasteiger partial charge is 0.508 e. The van der Waals surface area contributed by atoms with Crippen LogP contribution in [-0.4, -0.2) is 84.7 Å². The van der Waals surface area contributed by atoms with Crippen LogP contribution in [0, 0.1) is 0 Å². The summed E-state index contributed by atoms with van der Waals surface area (Å²) in [7, 11) is 0. The second-order valence-corrected chi connectivity index (χ2v) is 11.6. The summed E-state index contributed by atoms with van der Waals surface area (Å²) in [5.74, 6) is -2.60. The molecule has 256 valence electrons. The smallest absolute Gasteiger partial charge is 0.274 e. The van der Waals surface area contributed by atoms with Gasteiger partial charge in [-0.1, -0.05) is 47.7 Å². The number of rotatable bonds is 5. The van der Waals surface area contributed by atoms with Gasteiger partial charge in [0.1, 0.15) is 29.6 Å². The van der Waals surface area contributed by atoms with Crippen molar-refractivity contribution in [2.24, 2.45) is 0 Å². The molecular formula is C34H38N8O7. The van der Waals surface area contributed by atoms with Gasteiger partial charge in [0.25, 0.3) is 5.91 Å². The zero-order valence-corrected chi connectivity index (χ0v) is 26.8. The summed E-state index contributed by atoms with van der Waals surface area (Å²) < 4.78 is 7.48. The van der Waals surface area contributed by atoms with E-state index in [9.17, 15) is 29.4 Å². The van der Waals surface area contributed by atoms with Crippen LogP contribution >= 0.6 is 0 Å². The van der Waals surface area contributed by atoms with E-state index in [4.69, 9.17) is 4.74 Å². The van der Waals surface area contributed by atoms with Crippen LogP contribution < -0.4 is 26.0 Å². The van der Waals surface area contributed by atoms with E-state index in [1.54, 1.807) is 35.1 Å². The molecule has 6 N–H and O–H groups in total. The van der Waals surface area contributed by atoms with Crippen molar-refractivity contribution < 1.29 is 34.1 Å². The van der Waals surface area contributed by atoms with Gasteiger partial charge >= 0.3 is 0 Å². The van der Waals surface area contributed by atoms with Crippen molar-refractivity contribution in [1.82, 2.24) is 41.2 Å². The van der Waals surface area contributed by atoms with Crippen molar-refractivity contribution in [1.29, 1.82) is 0 Å². The standard InChI is InChI=1S/C34H38N8O7/c1-21(43)29-33(47)37-26(17-22-7-3-2-4-8-22)31(45)36-19-24-20-42(41-40-24)15-6-16-49-28-9-5-14-35-30(28)34(48)38-27(32(46)39-29)18-23-10-12-25(44)13-11-23/h2-5,7-14,20-21,26-27,29,43-44H,6,15-19H2,1H3,(H,36,45)(H,37,47)(H,38,48)(H,39,46)/t21-,26-,27-,29+/m1/s1. The molecule has 0 unspecified atom stereocenters. The summed E-state index contributed by atoms with van der Waals surface area (Å²) in [5, 5.41) is 39.3. The first-order valence-electron chi connectivity index (χ1n) is 15.8. The molecule has 1 aliphatic rings. The van der Waals surface area contributed by atoms with Gasteiger partial charge in [-0.15, -0.1) is 5.10 Å². The zero-order chi connectivity index (χ0) is 34.8. The third-order valence-corrected chi connectivity index (χ3v) is 7.78. The molecule has 4 amide bonds. The number of aliphatic hydroxyl groups is 1. The molecule has 3 heterocycles. The maximum Gasteiger partial charge on any atom is 0.274 e. The predicted molar refractivity (Wildman–Crippen MR) is 175 cm³/mol. The summed E-state index contributed by atoms with van der Waals surface area (Å²) in [6.07, 6.45) is 2.31. The number of phenols is 1. The van der Waals surface area contributed by atoms with Crippen LogP contribution in [0.2, 0.25) is 0 Å². The number of aryl methyl sites for hydroxylation is 1. The number of nitrogens with one attached hydrogen (secondary N) is 4. The molecule has 15 heteroatoms. The van der Waals surface area contributed by atoms with E-state index in [0.717, 1.165) is 5.56 Å². The first kappa shape index (κ1) is 34.5. The number of phenolic OH excluding ortho intramolecular Hbond substituents is 1. The van der Waals surface area contributed by atoms with E-state index in [2.05, 4.69) is 36.6 Å².